The van der Waals surface area contributed by atoms with Gasteiger partial charge in [0, 0.05) is 18.7 Å². The van der Waals surface area contributed by atoms with Crippen LogP contribution < -0.4 is 5.32 Å². The summed E-state index contributed by atoms with van der Waals surface area (Å²) in [6.07, 6.45) is 2.69. The van der Waals surface area contributed by atoms with Gasteiger partial charge in [0.15, 0.2) is 0 Å². The van der Waals surface area contributed by atoms with E-state index in [9.17, 15) is 13.2 Å². The first kappa shape index (κ1) is 20.2. The Balaban J connectivity index is 2.05. The molecule has 2 aromatic rings. The van der Waals surface area contributed by atoms with E-state index in [-0.39, 0.29) is 31.3 Å². The molecule has 0 fully saturated rings. The molecule has 0 radical (unpaired) electrons. The minimum absolute atomic E-state index is 0.0691. The van der Waals surface area contributed by atoms with Crippen LogP contribution in [-0.4, -0.2) is 31.4 Å². The van der Waals surface area contributed by atoms with E-state index in [1.54, 1.807) is 12.1 Å². The van der Waals surface area contributed by atoms with Gasteiger partial charge < -0.3 is 9.73 Å². The third-order valence-corrected chi connectivity index (χ3v) is 5.41. The maximum atomic E-state index is 12.4. The van der Waals surface area contributed by atoms with Crippen LogP contribution in [0, 0.1) is 6.92 Å². The summed E-state index contributed by atoms with van der Waals surface area (Å²) in [5.41, 5.74) is 2.86. The standard InChI is InChI=1S/C19H26N2O4S/c1-14(2)17-9-5-7-15(3)19(17)20-18(22)10-11-21(26(4,23)24)13-16-8-6-12-25-16/h5-9,12,14H,10-11,13H2,1-4H3,(H,20,22). The number of sulfonamides is 1. The molecule has 1 amide bonds. The molecular formula is C19H26N2O4S. The van der Waals surface area contributed by atoms with Gasteiger partial charge in [-0.2, -0.15) is 4.31 Å². The van der Waals surface area contributed by atoms with E-state index in [4.69, 9.17) is 4.42 Å². The molecule has 0 bridgehead atoms. The molecule has 0 aliphatic carbocycles. The Morgan fingerprint density at radius 3 is 2.54 bits per heavy atom. The molecule has 0 aliphatic heterocycles. The summed E-state index contributed by atoms with van der Waals surface area (Å²) in [7, 11) is -3.45. The average Bonchev–Trinajstić information content (AvgIpc) is 3.05. The summed E-state index contributed by atoms with van der Waals surface area (Å²) in [5, 5.41) is 2.94. The summed E-state index contributed by atoms with van der Waals surface area (Å²) < 4.78 is 30.4. The Kier molecular flexibility index (Phi) is 6.61. The Bertz CT molecular complexity index is 842. The number of aryl methyl sites for hydroxylation is 1. The van der Waals surface area contributed by atoms with E-state index in [2.05, 4.69) is 19.2 Å². The molecule has 1 aromatic heterocycles. The highest BCUT2D eigenvalue weighted by Crippen LogP contribution is 2.27. The second-order valence-electron chi connectivity index (χ2n) is 6.67. The fourth-order valence-corrected chi connectivity index (χ4v) is 3.49. The molecule has 1 N–H and O–H groups in total. The summed E-state index contributed by atoms with van der Waals surface area (Å²) in [6.45, 7) is 6.29. The number of anilines is 1. The topological polar surface area (TPSA) is 79.6 Å². The average molecular weight is 378 g/mol. The van der Waals surface area contributed by atoms with Crippen molar-refractivity contribution in [3.8, 4) is 0 Å². The fourth-order valence-electron chi connectivity index (χ4n) is 2.71. The molecule has 0 saturated carbocycles. The molecule has 0 atom stereocenters. The molecule has 0 aliphatic rings. The molecule has 0 saturated heterocycles. The van der Waals surface area contributed by atoms with E-state index in [1.807, 2.05) is 25.1 Å². The first-order valence-corrected chi connectivity index (χ1v) is 10.4. The number of nitrogens with zero attached hydrogens (tertiary/aromatic N) is 1. The predicted octanol–water partition coefficient (Wildman–Crippen LogP) is 3.50. The molecular weight excluding hydrogens is 352 g/mol. The van der Waals surface area contributed by atoms with Crippen molar-refractivity contribution in [3.05, 3.63) is 53.5 Å². The first-order valence-electron chi connectivity index (χ1n) is 8.55. The zero-order valence-corrected chi connectivity index (χ0v) is 16.5. The number of rotatable bonds is 8. The molecule has 2 rings (SSSR count). The zero-order valence-electron chi connectivity index (χ0n) is 15.7. The smallest absolute Gasteiger partial charge is 0.225 e. The molecule has 1 heterocycles. The SMILES string of the molecule is Cc1cccc(C(C)C)c1NC(=O)CCN(Cc1ccco1)S(C)(=O)=O. The third kappa shape index (κ3) is 5.44. The minimum atomic E-state index is -3.45. The lowest BCUT2D eigenvalue weighted by Crippen LogP contribution is -2.32. The number of furan rings is 1. The van der Waals surface area contributed by atoms with Gasteiger partial charge in [-0.3, -0.25) is 4.79 Å². The van der Waals surface area contributed by atoms with Crippen LogP contribution in [0.4, 0.5) is 5.69 Å². The van der Waals surface area contributed by atoms with Gasteiger partial charge in [0.05, 0.1) is 19.1 Å². The Morgan fingerprint density at radius 2 is 1.96 bits per heavy atom. The second-order valence-corrected chi connectivity index (χ2v) is 8.65. The van der Waals surface area contributed by atoms with Gasteiger partial charge in [0.25, 0.3) is 0 Å². The van der Waals surface area contributed by atoms with Crippen molar-refractivity contribution in [3.63, 3.8) is 0 Å². The van der Waals surface area contributed by atoms with Crippen LogP contribution >= 0.6 is 0 Å². The number of amides is 1. The number of benzene rings is 1. The maximum absolute atomic E-state index is 12.4. The summed E-state index contributed by atoms with van der Waals surface area (Å²) in [4.78, 5) is 12.4. The largest absolute Gasteiger partial charge is 0.468 e. The van der Waals surface area contributed by atoms with Gasteiger partial charge >= 0.3 is 0 Å². The number of carbonyl (C=O) groups is 1. The third-order valence-electron chi connectivity index (χ3n) is 4.16. The number of hydrogen-bond acceptors (Lipinski definition) is 4. The quantitative estimate of drug-likeness (QED) is 0.762. The van der Waals surface area contributed by atoms with Crippen molar-refractivity contribution in [2.45, 2.75) is 39.7 Å². The normalized spacial score (nSPS) is 11.9. The molecule has 6 nitrogen and oxygen atoms in total. The lowest BCUT2D eigenvalue weighted by Gasteiger charge is -2.20. The monoisotopic (exact) mass is 378 g/mol. The maximum Gasteiger partial charge on any atom is 0.225 e. The van der Waals surface area contributed by atoms with Crippen LogP contribution in [0.25, 0.3) is 0 Å². The predicted molar refractivity (Wildman–Crippen MR) is 102 cm³/mol. The Morgan fingerprint density at radius 1 is 1.23 bits per heavy atom. The van der Waals surface area contributed by atoms with E-state index >= 15 is 0 Å². The van der Waals surface area contributed by atoms with E-state index < -0.39 is 10.0 Å². The van der Waals surface area contributed by atoms with Gasteiger partial charge in [0.1, 0.15) is 5.76 Å². The molecule has 0 spiro atoms. The highest BCUT2D eigenvalue weighted by Gasteiger charge is 2.20. The highest BCUT2D eigenvalue weighted by molar-refractivity contribution is 7.88. The first-order chi connectivity index (χ1) is 12.2. The lowest BCUT2D eigenvalue weighted by molar-refractivity contribution is -0.116. The zero-order chi connectivity index (χ0) is 19.3. The van der Waals surface area contributed by atoms with Crippen molar-refractivity contribution in [2.24, 2.45) is 0 Å². The van der Waals surface area contributed by atoms with Crippen LogP contribution in [0.15, 0.2) is 41.0 Å². The van der Waals surface area contributed by atoms with Crippen LogP contribution in [0.5, 0.6) is 0 Å². The molecule has 142 valence electrons. The second kappa shape index (κ2) is 8.51. The number of nitrogens with one attached hydrogen (secondary N) is 1. The number of carbonyl (C=O) groups excluding carboxylic acids is 1. The number of para-hydroxylation sites is 1. The molecule has 7 heteroatoms. The van der Waals surface area contributed by atoms with Crippen molar-refractivity contribution in [1.82, 2.24) is 4.31 Å². The van der Waals surface area contributed by atoms with Crippen LogP contribution in [0.2, 0.25) is 0 Å². The van der Waals surface area contributed by atoms with E-state index in [1.165, 1.54) is 10.6 Å². The molecule has 26 heavy (non-hydrogen) atoms. The molecule has 0 unspecified atom stereocenters. The summed E-state index contributed by atoms with van der Waals surface area (Å²) in [5.74, 6) is 0.600. The van der Waals surface area contributed by atoms with Crippen molar-refractivity contribution >= 4 is 21.6 Å². The summed E-state index contributed by atoms with van der Waals surface area (Å²) >= 11 is 0. The lowest BCUT2D eigenvalue weighted by atomic mass is 9.98. The van der Waals surface area contributed by atoms with Crippen LogP contribution in [0.3, 0.4) is 0 Å². The van der Waals surface area contributed by atoms with Gasteiger partial charge in [0.2, 0.25) is 15.9 Å². The van der Waals surface area contributed by atoms with E-state index in [0.717, 1.165) is 23.1 Å². The summed E-state index contributed by atoms with van der Waals surface area (Å²) in [6, 6.07) is 9.32. The number of hydrogen-bond donors (Lipinski definition) is 1. The molecule has 1 aromatic carbocycles. The van der Waals surface area contributed by atoms with Crippen molar-refractivity contribution < 1.29 is 17.6 Å². The Labute approximate surface area is 155 Å². The van der Waals surface area contributed by atoms with Gasteiger partial charge in [-0.1, -0.05) is 32.0 Å². The van der Waals surface area contributed by atoms with Crippen molar-refractivity contribution in [1.29, 1.82) is 0 Å². The van der Waals surface area contributed by atoms with Crippen LogP contribution in [-0.2, 0) is 21.4 Å². The Hall–Kier alpha value is -2.12. The van der Waals surface area contributed by atoms with Gasteiger partial charge in [-0.05, 0) is 36.1 Å². The van der Waals surface area contributed by atoms with E-state index in [0.29, 0.717) is 5.76 Å². The van der Waals surface area contributed by atoms with Gasteiger partial charge in [-0.15, -0.1) is 0 Å². The van der Waals surface area contributed by atoms with Gasteiger partial charge in [-0.25, -0.2) is 8.42 Å². The highest BCUT2D eigenvalue weighted by atomic mass is 32.2. The fraction of sp³-hybridized carbons (Fsp3) is 0.421. The van der Waals surface area contributed by atoms with Crippen LogP contribution in [0.1, 0.15) is 43.1 Å². The van der Waals surface area contributed by atoms with Crippen molar-refractivity contribution in [2.75, 3.05) is 18.1 Å². The minimum Gasteiger partial charge on any atom is -0.468 e.